The van der Waals surface area contributed by atoms with Gasteiger partial charge in [-0.25, -0.2) is 4.79 Å². The van der Waals surface area contributed by atoms with E-state index < -0.39 is 60.2 Å². The van der Waals surface area contributed by atoms with Crippen LogP contribution in [-0.2, 0) is 28.8 Å². The highest BCUT2D eigenvalue weighted by molar-refractivity contribution is 5.93. The summed E-state index contributed by atoms with van der Waals surface area (Å²) in [6.45, 7) is 2.88. The zero-order valence-electron chi connectivity index (χ0n) is 17.7. The average molecular weight is 444 g/mol. The highest BCUT2D eigenvalue weighted by Gasteiger charge is 2.29. The van der Waals surface area contributed by atoms with Crippen LogP contribution in [0.2, 0.25) is 0 Å². The molecule has 13 heteroatoms. The van der Waals surface area contributed by atoms with E-state index in [1.54, 1.807) is 13.8 Å². The molecule has 10 N–H and O–H groups in total. The standard InChI is InChI=1S/C18H32N6O7/c1-3-9(2)15(18(30)31)24-17(29)11(5-7-13(21)26)23-14(27)8-22-16(28)10(19)4-6-12(20)25/h9-11,15H,3-8,19H2,1-2H3,(H2,20,25)(H2,21,26)(H,22,28)(H,23,27)(H,24,29)(H,30,31). The number of carbonyl (C=O) groups excluding carboxylic acids is 5. The van der Waals surface area contributed by atoms with Crippen LogP contribution in [0.25, 0.3) is 0 Å². The van der Waals surface area contributed by atoms with Crippen LogP contribution >= 0.6 is 0 Å². The maximum atomic E-state index is 12.5. The summed E-state index contributed by atoms with van der Waals surface area (Å²) in [5.74, 6) is -5.21. The zero-order chi connectivity index (χ0) is 24.1. The third-order valence-corrected chi connectivity index (χ3v) is 4.57. The molecule has 0 aromatic rings. The number of primary amides is 2. The molecule has 4 atom stereocenters. The molecule has 31 heavy (non-hydrogen) atoms. The van der Waals surface area contributed by atoms with Crippen molar-refractivity contribution >= 4 is 35.5 Å². The summed E-state index contributed by atoms with van der Waals surface area (Å²) >= 11 is 0. The number of carboxylic acids is 1. The Morgan fingerprint density at radius 2 is 1.45 bits per heavy atom. The van der Waals surface area contributed by atoms with E-state index in [1.807, 2.05) is 0 Å². The van der Waals surface area contributed by atoms with E-state index in [0.29, 0.717) is 6.42 Å². The minimum Gasteiger partial charge on any atom is -0.480 e. The summed E-state index contributed by atoms with van der Waals surface area (Å²) in [6.07, 6.45) is -0.0110. The molecule has 0 saturated heterocycles. The molecule has 5 amide bonds. The van der Waals surface area contributed by atoms with E-state index >= 15 is 0 Å². The summed E-state index contributed by atoms with van der Waals surface area (Å²) in [4.78, 5) is 69.8. The molecule has 0 fully saturated rings. The predicted molar refractivity (Wildman–Crippen MR) is 109 cm³/mol. The largest absolute Gasteiger partial charge is 0.480 e. The lowest BCUT2D eigenvalue weighted by molar-refractivity contribution is -0.144. The second-order valence-corrected chi connectivity index (χ2v) is 7.16. The summed E-state index contributed by atoms with van der Waals surface area (Å²) in [5, 5.41) is 16.3. The van der Waals surface area contributed by atoms with Crippen molar-refractivity contribution in [3.05, 3.63) is 0 Å². The fraction of sp³-hybridized carbons (Fsp3) is 0.667. The van der Waals surface area contributed by atoms with Crippen molar-refractivity contribution in [2.24, 2.45) is 23.1 Å². The Morgan fingerprint density at radius 1 is 0.903 bits per heavy atom. The fourth-order valence-corrected chi connectivity index (χ4v) is 2.47. The third-order valence-electron chi connectivity index (χ3n) is 4.57. The highest BCUT2D eigenvalue weighted by atomic mass is 16.4. The van der Waals surface area contributed by atoms with Gasteiger partial charge in [0.1, 0.15) is 12.1 Å². The van der Waals surface area contributed by atoms with Crippen LogP contribution in [-0.4, -0.2) is 65.3 Å². The number of nitrogens with two attached hydrogens (primary N) is 3. The van der Waals surface area contributed by atoms with E-state index in [2.05, 4.69) is 16.0 Å². The van der Waals surface area contributed by atoms with E-state index in [9.17, 15) is 33.9 Å². The van der Waals surface area contributed by atoms with Crippen molar-refractivity contribution in [1.29, 1.82) is 0 Å². The molecular formula is C18H32N6O7. The van der Waals surface area contributed by atoms with Crippen molar-refractivity contribution in [3.63, 3.8) is 0 Å². The quantitative estimate of drug-likeness (QED) is 0.137. The van der Waals surface area contributed by atoms with Crippen molar-refractivity contribution in [3.8, 4) is 0 Å². The molecule has 0 spiro atoms. The lowest BCUT2D eigenvalue weighted by Crippen LogP contribution is -2.55. The van der Waals surface area contributed by atoms with Crippen LogP contribution < -0.4 is 33.2 Å². The third kappa shape index (κ3) is 11.5. The summed E-state index contributed by atoms with van der Waals surface area (Å²) in [5.41, 5.74) is 15.7. The van der Waals surface area contributed by atoms with Gasteiger partial charge in [0, 0.05) is 12.8 Å². The molecule has 0 bridgehead atoms. The first-order valence-corrected chi connectivity index (χ1v) is 9.81. The van der Waals surface area contributed by atoms with Gasteiger partial charge in [-0.2, -0.15) is 0 Å². The fourth-order valence-electron chi connectivity index (χ4n) is 2.47. The number of hydrogen-bond donors (Lipinski definition) is 7. The first-order valence-electron chi connectivity index (χ1n) is 9.81. The van der Waals surface area contributed by atoms with Gasteiger partial charge in [0.25, 0.3) is 0 Å². The maximum Gasteiger partial charge on any atom is 0.326 e. The Hall–Kier alpha value is -3.22. The molecule has 0 saturated carbocycles. The van der Waals surface area contributed by atoms with E-state index in [4.69, 9.17) is 17.2 Å². The molecule has 0 heterocycles. The van der Waals surface area contributed by atoms with Gasteiger partial charge in [0.05, 0.1) is 12.6 Å². The normalized spacial score (nSPS) is 14.4. The first-order chi connectivity index (χ1) is 14.4. The number of hydrogen-bond acceptors (Lipinski definition) is 7. The van der Waals surface area contributed by atoms with Crippen LogP contribution in [0.1, 0.15) is 46.0 Å². The van der Waals surface area contributed by atoms with Gasteiger partial charge in [0.15, 0.2) is 0 Å². The van der Waals surface area contributed by atoms with Crippen molar-refractivity contribution in [2.45, 2.75) is 64.1 Å². The van der Waals surface area contributed by atoms with Gasteiger partial charge in [-0.05, 0) is 18.8 Å². The Labute approximate surface area is 179 Å². The smallest absolute Gasteiger partial charge is 0.326 e. The van der Waals surface area contributed by atoms with Crippen LogP contribution in [0.3, 0.4) is 0 Å². The monoisotopic (exact) mass is 444 g/mol. The minimum absolute atomic E-state index is 0.00137. The van der Waals surface area contributed by atoms with Crippen LogP contribution in [0.15, 0.2) is 0 Å². The SMILES string of the molecule is CCC(C)C(NC(=O)C(CCC(N)=O)NC(=O)CNC(=O)C(N)CCC(N)=O)C(=O)O. The Morgan fingerprint density at radius 3 is 1.94 bits per heavy atom. The van der Waals surface area contributed by atoms with E-state index in [0.717, 1.165) is 0 Å². The van der Waals surface area contributed by atoms with Crippen LogP contribution in [0.4, 0.5) is 0 Å². The molecule has 0 aromatic heterocycles. The average Bonchev–Trinajstić information content (AvgIpc) is 2.69. The van der Waals surface area contributed by atoms with Crippen LogP contribution in [0.5, 0.6) is 0 Å². The molecule has 4 unspecified atom stereocenters. The summed E-state index contributed by atoms with van der Waals surface area (Å²) in [7, 11) is 0. The predicted octanol–water partition coefficient (Wildman–Crippen LogP) is -2.94. The van der Waals surface area contributed by atoms with Crippen molar-refractivity contribution in [1.82, 2.24) is 16.0 Å². The summed E-state index contributed by atoms with van der Waals surface area (Å²) in [6, 6.07) is -3.49. The Kier molecular flexibility index (Phi) is 12.5. The molecule has 0 aliphatic carbocycles. The van der Waals surface area contributed by atoms with Gasteiger partial charge in [0.2, 0.25) is 29.5 Å². The van der Waals surface area contributed by atoms with Gasteiger partial charge < -0.3 is 38.3 Å². The second-order valence-electron chi connectivity index (χ2n) is 7.16. The molecular weight excluding hydrogens is 412 g/mol. The topological polar surface area (TPSA) is 237 Å². The number of carboxylic acid groups (broad SMARTS) is 1. The van der Waals surface area contributed by atoms with Gasteiger partial charge >= 0.3 is 5.97 Å². The van der Waals surface area contributed by atoms with Gasteiger partial charge in [-0.15, -0.1) is 0 Å². The zero-order valence-corrected chi connectivity index (χ0v) is 17.7. The number of rotatable bonds is 15. The van der Waals surface area contributed by atoms with E-state index in [1.165, 1.54) is 0 Å². The molecule has 176 valence electrons. The number of aliphatic carboxylic acids is 1. The van der Waals surface area contributed by atoms with Crippen LogP contribution in [0, 0.1) is 5.92 Å². The highest BCUT2D eigenvalue weighted by Crippen LogP contribution is 2.09. The Balaban J connectivity index is 4.98. The van der Waals surface area contributed by atoms with Crippen molar-refractivity contribution in [2.75, 3.05) is 6.54 Å². The number of amides is 5. The lowest BCUT2D eigenvalue weighted by atomic mass is 9.98. The minimum atomic E-state index is -1.24. The molecule has 0 aliphatic rings. The molecule has 13 nitrogen and oxygen atoms in total. The molecule has 0 radical (unpaired) electrons. The molecule has 0 aromatic carbocycles. The maximum absolute atomic E-state index is 12.5. The van der Waals surface area contributed by atoms with Gasteiger partial charge in [-0.1, -0.05) is 20.3 Å². The second kappa shape index (κ2) is 13.9. The van der Waals surface area contributed by atoms with E-state index in [-0.39, 0.29) is 31.6 Å². The Bertz CT molecular complexity index is 684. The number of nitrogens with one attached hydrogen (secondary N) is 3. The van der Waals surface area contributed by atoms with Gasteiger partial charge in [-0.3, -0.25) is 24.0 Å². The first kappa shape index (κ1) is 27.8. The molecule has 0 rings (SSSR count). The summed E-state index contributed by atoms with van der Waals surface area (Å²) < 4.78 is 0. The van der Waals surface area contributed by atoms with Crippen molar-refractivity contribution < 1.29 is 33.9 Å². The molecule has 0 aliphatic heterocycles. The lowest BCUT2D eigenvalue weighted by Gasteiger charge is -2.24. The number of carbonyl (C=O) groups is 6.